The van der Waals surface area contributed by atoms with Crippen LogP contribution in [0.15, 0.2) is 36.8 Å². The van der Waals surface area contributed by atoms with Crippen LogP contribution in [0.5, 0.6) is 0 Å². The molecule has 2 aromatic heterocycles. The van der Waals surface area contributed by atoms with Gasteiger partial charge in [-0.25, -0.2) is 9.67 Å². The van der Waals surface area contributed by atoms with Crippen molar-refractivity contribution in [3.63, 3.8) is 0 Å². The molecule has 0 aromatic carbocycles. The van der Waals surface area contributed by atoms with Crippen molar-refractivity contribution in [1.29, 1.82) is 0 Å². The maximum atomic E-state index is 4.26. The molecule has 3 nitrogen and oxygen atoms in total. The van der Waals surface area contributed by atoms with E-state index >= 15 is 0 Å². The average Bonchev–Trinajstić information content (AvgIpc) is 2.70. The van der Waals surface area contributed by atoms with Crippen molar-refractivity contribution in [3.05, 3.63) is 42.4 Å². The van der Waals surface area contributed by atoms with E-state index in [4.69, 9.17) is 0 Å². The van der Waals surface area contributed by atoms with Gasteiger partial charge in [-0.1, -0.05) is 22.0 Å². The molecule has 0 amide bonds. The van der Waals surface area contributed by atoms with Crippen molar-refractivity contribution in [1.82, 2.24) is 14.8 Å². The zero-order valence-electron chi connectivity index (χ0n) is 6.89. The van der Waals surface area contributed by atoms with Gasteiger partial charge < -0.3 is 0 Å². The molecule has 0 aliphatic rings. The van der Waals surface area contributed by atoms with Crippen LogP contribution in [0.1, 0.15) is 5.56 Å². The first kappa shape index (κ1) is 8.44. The summed E-state index contributed by atoms with van der Waals surface area (Å²) in [5.41, 5.74) is 1.13. The Hall–Kier alpha value is -1.16. The first-order valence-corrected chi connectivity index (χ1v) is 5.04. The average molecular weight is 238 g/mol. The molecule has 0 atom stereocenters. The van der Waals surface area contributed by atoms with Gasteiger partial charge in [0.05, 0.1) is 0 Å². The lowest BCUT2D eigenvalue weighted by Crippen LogP contribution is -2.01. The van der Waals surface area contributed by atoms with Crippen molar-refractivity contribution in [2.75, 3.05) is 0 Å². The third kappa shape index (κ3) is 1.62. The summed E-state index contributed by atoms with van der Waals surface area (Å²) in [6.45, 7) is 0. The standard InChI is InChI=1S/C9H8BrN3/c10-7-8-3-1-4-11-9(8)13-6-2-5-12-13/h1-6H,7H2. The third-order valence-electron chi connectivity index (χ3n) is 1.73. The molecule has 0 aliphatic carbocycles. The van der Waals surface area contributed by atoms with Crippen LogP contribution in [-0.4, -0.2) is 14.8 Å². The van der Waals surface area contributed by atoms with Crippen LogP contribution in [0, 0.1) is 0 Å². The van der Waals surface area contributed by atoms with Gasteiger partial charge in [-0.15, -0.1) is 0 Å². The van der Waals surface area contributed by atoms with Crippen molar-refractivity contribution >= 4 is 15.9 Å². The normalized spacial score (nSPS) is 10.2. The van der Waals surface area contributed by atoms with Crippen molar-refractivity contribution in [3.8, 4) is 5.82 Å². The molecule has 2 rings (SSSR count). The van der Waals surface area contributed by atoms with Crippen LogP contribution < -0.4 is 0 Å². The smallest absolute Gasteiger partial charge is 0.157 e. The number of hydrogen-bond donors (Lipinski definition) is 0. The van der Waals surface area contributed by atoms with E-state index in [1.165, 1.54) is 0 Å². The molecule has 0 saturated heterocycles. The highest BCUT2D eigenvalue weighted by molar-refractivity contribution is 9.08. The summed E-state index contributed by atoms with van der Waals surface area (Å²) in [5, 5.41) is 4.92. The SMILES string of the molecule is BrCc1cccnc1-n1cccn1. The molecule has 0 aliphatic heterocycles. The number of alkyl halides is 1. The Morgan fingerprint density at radius 3 is 2.92 bits per heavy atom. The maximum absolute atomic E-state index is 4.26. The Kier molecular flexibility index (Phi) is 2.40. The molecule has 13 heavy (non-hydrogen) atoms. The fraction of sp³-hybridized carbons (Fsp3) is 0.111. The summed E-state index contributed by atoms with van der Waals surface area (Å²) in [6, 6.07) is 5.83. The molecule has 4 heteroatoms. The van der Waals surface area contributed by atoms with Gasteiger partial charge in [0.2, 0.25) is 0 Å². The highest BCUT2D eigenvalue weighted by atomic mass is 79.9. The van der Waals surface area contributed by atoms with Gasteiger partial charge in [-0.05, 0) is 12.1 Å². The molecule has 0 N–H and O–H groups in total. The molecular weight excluding hydrogens is 230 g/mol. The summed E-state index contributed by atoms with van der Waals surface area (Å²) < 4.78 is 1.76. The molecule has 0 saturated carbocycles. The zero-order valence-corrected chi connectivity index (χ0v) is 8.48. The Labute approximate surface area is 84.5 Å². The second kappa shape index (κ2) is 3.70. The first-order valence-electron chi connectivity index (χ1n) is 3.91. The van der Waals surface area contributed by atoms with Crippen molar-refractivity contribution in [2.24, 2.45) is 0 Å². The number of hydrogen-bond acceptors (Lipinski definition) is 2. The minimum Gasteiger partial charge on any atom is -0.237 e. The second-order valence-corrected chi connectivity index (χ2v) is 3.13. The summed E-state index contributed by atoms with van der Waals surface area (Å²) in [7, 11) is 0. The lowest BCUT2D eigenvalue weighted by atomic mass is 10.3. The Bertz CT molecular complexity index is 384. The summed E-state index contributed by atoms with van der Waals surface area (Å²) >= 11 is 3.41. The maximum Gasteiger partial charge on any atom is 0.157 e. The Morgan fingerprint density at radius 1 is 1.31 bits per heavy atom. The third-order valence-corrected chi connectivity index (χ3v) is 2.34. The van der Waals surface area contributed by atoms with Crippen LogP contribution in [0.3, 0.4) is 0 Å². The molecule has 0 fully saturated rings. The van der Waals surface area contributed by atoms with Gasteiger partial charge in [0.25, 0.3) is 0 Å². The van der Waals surface area contributed by atoms with E-state index < -0.39 is 0 Å². The monoisotopic (exact) mass is 237 g/mol. The molecule has 66 valence electrons. The lowest BCUT2D eigenvalue weighted by molar-refractivity contribution is 0.837. The first-order chi connectivity index (χ1) is 6.42. The molecule has 2 aromatic rings. The molecule has 0 spiro atoms. The fourth-order valence-electron chi connectivity index (χ4n) is 1.13. The van der Waals surface area contributed by atoms with Gasteiger partial charge in [-0.3, -0.25) is 0 Å². The fourth-order valence-corrected chi connectivity index (χ4v) is 1.57. The Morgan fingerprint density at radius 2 is 2.23 bits per heavy atom. The highest BCUT2D eigenvalue weighted by Crippen LogP contribution is 2.12. The van der Waals surface area contributed by atoms with Gasteiger partial charge in [0.1, 0.15) is 0 Å². The Balaban J connectivity index is 2.51. The highest BCUT2D eigenvalue weighted by Gasteiger charge is 2.02. The summed E-state index contributed by atoms with van der Waals surface area (Å²) in [4.78, 5) is 4.26. The van der Waals surface area contributed by atoms with Gasteiger partial charge >= 0.3 is 0 Å². The summed E-state index contributed by atoms with van der Waals surface area (Å²) in [5.74, 6) is 0.879. The molecule has 0 bridgehead atoms. The van der Waals surface area contributed by atoms with Crippen LogP contribution in [0.2, 0.25) is 0 Å². The minimum absolute atomic E-state index is 0.788. The van der Waals surface area contributed by atoms with Crippen LogP contribution in [0.4, 0.5) is 0 Å². The van der Waals surface area contributed by atoms with E-state index in [0.717, 1.165) is 16.7 Å². The molecule has 2 heterocycles. The van der Waals surface area contributed by atoms with Gasteiger partial charge in [0.15, 0.2) is 5.82 Å². The van der Waals surface area contributed by atoms with Crippen LogP contribution in [0.25, 0.3) is 5.82 Å². The minimum atomic E-state index is 0.788. The van der Waals surface area contributed by atoms with Crippen molar-refractivity contribution in [2.45, 2.75) is 5.33 Å². The van der Waals surface area contributed by atoms with Crippen LogP contribution in [-0.2, 0) is 5.33 Å². The van der Waals surface area contributed by atoms with Crippen LogP contribution >= 0.6 is 15.9 Å². The van der Waals surface area contributed by atoms with Gasteiger partial charge in [-0.2, -0.15) is 5.10 Å². The topological polar surface area (TPSA) is 30.7 Å². The second-order valence-electron chi connectivity index (χ2n) is 2.57. The van der Waals surface area contributed by atoms with E-state index in [2.05, 4.69) is 26.0 Å². The molecular formula is C9H8BrN3. The number of rotatable bonds is 2. The predicted molar refractivity (Wildman–Crippen MR) is 54.0 cm³/mol. The molecule has 0 unspecified atom stereocenters. The zero-order chi connectivity index (χ0) is 9.10. The van der Waals surface area contributed by atoms with Gasteiger partial charge in [0, 0.05) is 29.5 Å². The number of aromatic nitrogens is 3. The number of halogens is 1. The quantitative estimate of drug-likeness (QED) is 0.750. The number of pyridine rings is 1. The van der Waals surface area contributed by atoms with Crippen molar-refractivity contribution < 1.29 is 0 Å². The van der Waals surface area contributed by atoms with E-state index in [0.29, 0.717) is 0 Å². The van der Waals surface area contributed by atoms with E-state index in [1.54, 1.807) is 17.1 Å². The van der Waals surface area contributed by atoms with E-state index in [-0.39, 0.29) is 0 Å². The molecule has 0 radical (unpaired) electrons. The number of nitrogens with zero attached hydrogens (tertiary/aromatic N) is 3. The van der Waals surface area contributed by atoms with E-state index in [1.807, 2.05) is 24.4 Å². The van der Waals surface area contributed by atoms with E-state index in [9.17, 15) is 0 Å². The lowest BCUT2D eigenvalue weighted by Gasteiger charge is -2.04. The largest absolute Gasteiger partial charge is 0.237 e. The predicted octanol–water partition coefficient (Wildman–Crippen LogP) is 2.16. The summed E-state index contributed by atoms with van der Waals surface area (Å²) in [6.07, 6.45) is 5.39.